The molecule has 2 aromatic rings. The van der Waals surface area contributed by atoms with Crippen LogP contribution in [0, 0.1) is 0 Å². The number of aromatic nitrogens is 2. The van der Waals surface area contributed by atoms with E-state index in [1.165, 1.54) is 5.30 Å². The molecule has 0 amide bonds. The predicted octanol–water partition coefficient (Wildman–Crippen LogP) is 2.24. The molecule has 3 heteroatoms. The van der Waals surface area contributed by atoms with Gasteiger partial charge >= 0.3 is 0 Å². The summed E-state index contributed by atoms with van der Waals surface area (Å²) in [7, 11) is 2.69. The Morgan fingerprint density at radius 2 is 2.27 bits per heavy atom. The maximum Gasteiger partial charge on any atom is 0.0923 e. The molecular formula is C12H13N2P. The summed E-state index contributed by atoms with van der Waals surface area (Å²) >= 11 is 0. The fraction of sp³-hybridized carbons (Fsp3) is 0.0833. The van der Waals surface area contributed by atoms with Gasteiger partial charge in [-0.25, -0.2) is 0 Å². The Morgan fingerprint density at radius 3 is 3.00 bits per heavy atom. The molecule has 2 rings (SSSR count). The maximum absolute atomic E-state index is 4.45. The van der Waals surface area contributed by atoms with Gasteiger partial charge in [0.05, 0.1) is 12.2 Å². The van der Waals surface area contributed by atoms with Crippen LogP contribution in [0.15, 0.2) is 49.2 Å². The van der Waals surface area contributed by atoms with Gasteiger partial charge in [-0.1, -0.05) is 24.3 Å². The number of hydrogen-bond donors (Lipinski definition) is 0. The first-order valence-corrected chi connectivity index (χ1v) is 5.37. The van der Waals surface area contributed by atoms with E-state index in [1.807, 2.05) is 29.1 Å². The van der Waals surface area contributed by atoms with Gasteiger partial charge in [-0.3, -0.25) is 4.68 Å². The first-order valence-electron chi connectivity index (χ1n) is 4.80. The minimum absolute atomic E-state index is 0.751. The van der Waals surface area contributed by atoms with E-state index in [4.69, 9.17) is 0 Å². The average Bonchev–Trinajstić information content (AvgIpc) is 2.67. The molecule has 0 fully saturated rings. The number of hydrogen-bond acceptors (Lipinski definition) is 1. The highest BCUT2D eigenvalue weighted by Crippen LogP contribution is 2.15. The lowest BCUT2D eigenvalue weighted by atomic mass is 10.2. The smallest absolute Gasteiger partial charge is 0.0923 e. The van der Waals surface area contributed by atoms with Crippen molar-refractivity contribution in [2.45, 2.75) is 6.54 Å². The molecule has 76 valence electrons. The van der Waals surface area contributed by atoms with Gasteiger partial charge in [0.2, 0.25) is 0 Å². The second-order valence-corrected chi connectivity index (χ2v) is 4.00. The topological polar surface area (TPSA) is 17.8 Å². The second-order valence-electron chi connectivity index (χ2n) is 3.34. The molecule has 0 radical (unpaired) electrons. The summed E-state index contributed by atoms with van der Waals surface area (Å²) in [6.07, 6.45) is 3.80. The molecule has 0 aliphatic rings. The SMILES string of the molecule is C=CCn1ccc(-c2cccc(P)c2)n1. The zero-order valence-electron chi connectivity index (χ0n) is 8.43. The van der Waals surface area contributed by atoms with Crippen LogP contribution in [0.4, 0.5) is 0 Å². The molecule has 0 saturated heterocycles. The monoisotopic (exact) mass is 216 g/mol. The minimum Gasteiger partial charge on any atom is -0.268 e. The first-order chi connectivity index (χ1) is 7.29. The summed E-state index contributed by atoms with van der Waals surface area (Å²) < 4.78 is 1.87. The summed E-state index contributed by atoms with van der Waals surface area (Å²) in [5.74, 6) is 0. The van der Waals surface area contributed by atoms with E-state index in [1.54, 1.807) is 0 Å². The lowest BCUT2D eigenvalue weighted by molar-refractivity contribution is 0.705. The summed E-state index contributed by atoms with van der Waals surface area (Å²) in [4.78, 5) is 0. The van der Waals surface area contributed by atoms with E-state index < -0.39 is 0 Å². The standard InChI is InChI=1S/C12H13N2P/c1-2-7-14-8-6-12(13-14)10-4-3-5-11(15)9-10/h2-6,8-9H,1,7,15H2. The lowest BCUT2D eigenvalue weighted by Gasteiger charge is -1.98. The van der Waals surface area contributed by atoms with Crippen LogP contribution >= 0.6 is 9.24 Å². The Hall–Kier alpha value is -1.40. The van der Waals surface area contributed by atoms with Gasteiger partial charge < -0.3 is 0 Å². The third kappa shape index (κ3) is 2.34. The molecular weight excluding hydrogens is 203 g/mol. The molecule has 1 aromatic heterocycles. The highest BCUT2D eigenvalue weighted by molar-refractivity contribution is 7.27. The average molecular weight is 216 g/mol. The van der Waals surface area contributed by atoms with Gasteiger partial charge in [0, 0.05) is 11.8 Å². The molecule has 1 heterocycles. The summed E-state index contributed by atoms with van der Waals surface area (Å²) in [6, 6.07) is 10.3. The van der Waals surface area contributed by atoms with Gasteiger partial charge in [-0.05, 0) is 17.4 Å². The van der Waals surface area contributed by atoms with Crippen molar-refractivity contribution in [1.82, 2.24) is 9.78 Å². The van der Waals surface area contributed by atoms with E-state index >= 15 is 0 Å². The quantitative estimate of drug-likeness (QED) is 0.568. The summed E-state index contributed by atoms with van der Waals surface area (Å²) in [5.41, 5.74) is 2.14. The molecule has 2 nitrogen and oxygen atoms in total. The van der Waals surface area contributed by atoms with Crippen molar-refractivity contribution in [1.29, 1.82) is 0 Å². The zero-order valence-corrected chi connectivity index (χ0v) is 9.58. The van der Waals surface area contributed by atoms with Gasteiger partial charge in [0.1, 0.15) is 0 Å². The zero-order chi connectivity index (χ0) is 10.7. The Morgan fingerprint density at radius 1 is 1.40 bits per heavy atom. The number of benzene rings is 1. The second kappa shape index (κ2) is 4.41. The Labute approximate surface area is 91.8 Å². The lowest BCUT2D eigenvalue weighted by Crippen LogP contribution is -1.96. The van der Waals surface area contributed by atoms with E-state index in [9.17, 15) is 0 Å². The normalized spacial score (nSPS) is 10.2. The van der Waals surface area contributed by atoms with Crippen LogP contribution in [0.25, 0.3) is 11.3 Å². The van der Waals surface area contributed by atoms with Crippen molar-refractivity contribution >= 4 is 14.5 Å². The summed E-state index contributed by atoms with van der Waals surface area (Å²) in [5, 5.41) is 5.62. The first kappa shape index (κ1) is 10.1. The molecule has 0 aliphatic carbocycles. The van der Waals surface area contributed by atoms with Crippen molar-refractivity contribution in [3.8, 4) is 11.3 Å². The van der Waals surface area contributed by atoms with Crippen LogP contribution in [0.1, 0.15) is 0 Å². The molecule has 1 atom stereocenters. The fourth-order valence-electron chi connectivity index (χ4n) is 1.45. The molecule has 0 saturated carbocycles. The molecule has 0 N–H and O–H groups in total. The number of nitrogens with zero attached hydrogens (tertiary/aromatic N) is 2. The Balaban J connectivity index is 2.32. The van der Waals surface area contributed by atoms with Crippen LogP contribution in [0.2, 0.25) is 0 Å². The van der Waals surface area contributed by atoms with Gasteiger partial charge in [-0.2, -0.15) is 5.10 Å². The molecule has 1 unspecified atom stereocenters. The summed E-state index contributed by atoms with van der Waals surface area (Å²) in [6.45, 7) is 4.44. The predicted molar refractivity (Wildman–Crippen MR) is 67.2 cm³/mol. The Kier molecular flexibility index (Phi) is 2.98. The van der Waals surface area contributed by atoms with E-state index in [0.29, 0.717) is 0 Å². The third-order valence-electron chi connectivity index (χ3n) is 2.14. The molecule has 0 aliphatic heterocycles. The molecule has 15 heavy (non-hydrogen) atoms. The van der Waals surface area contributed by atoms with E-state index in [-0.39, 0.29) is 0 Å². The van der Waals surface area contributed by atoms with Crippen molar-refractivity contribution < 1.29 is 0 Å². The Bertz CT molecular complexity index is 474. The van der Waals surface area contributed by atoms with Crippen molar-refractivity contribution in [3.05, 3.63) is 49.2 Å². The molecule has 0 spiro atoms. The van der Waals surface area contributed by atoms with E-state index in [2.05, 4.69) is 39.1 Å². The highest BCUT2D eigenvalue weighted by atomic mass is 31.0. The van der Waals surface area contributed by atoms with Crippen LogP contribution in [-0.4, -0.2) is 9.78 Å². The third-order valence-corrected chi connectivity index (χ3v) is 2.50. The van der Waals surface area contributed by atoms with Crippen molar-refractivity contribution in [2.75, 3.05) is 0 Å². The van der Waals surface area contributed by atoms with Gasteiger partial charge in [0.25, 0.3) is 0 Å². The number of allylic oxidation sites excluding steroid dienone is 1. The van der Waals surface area contributed by atoms with Crippen LogP contribution in [0.3, 0.4) is 0 Å². The van der Waals surface area contributed by atoms with Crippen LogP contribution in [0.5, 0.6) is 0 Å². The largest absolute Gasteiger partial charge is 0.268 e. The van der Waals surface area contributed by atoms with Crippen LogP contribution in [-0.2, 0) is 6.54 Å². The molecule has 1 aromatic carbocycles. The van der Waals surface area contributed by atoms with Crippen molar-refractivity contribution in [3.63, 3.8) is 0 Å². The minimum atomic E-state index is 0.751. The number of rotatable bonds is 3. The fourth-order valence-corrected chi connectivity index (χ4v) is 1.74. The highest BCUT2D eigenvalue weighted by Gasteiger charge is 2.01. The van der Waals surface area contributed by atoms with Crippen molar-refractivity contribution in [2.24, 2.45) is 0 Å². The van der Waals surface area contributed by atoms with Gasteiger partial charge in [0.15, 0.2) is 0 Å². The van der Waals surface area contributed by atoms with E-state index in [0.717, 1.165) is 17.8 Å². The molecule has 0 bridgehead atoms. The maximum atomic E-state index is 4.45. The van der Waals surface area contributed by atoms with Gasteiger partial charge in [-0.15, -0.1) is 15.8 Å². The van der Waals surface area contributed by atoms with Crippen LogP contribution < -0.4 is 5.30 Å².